The summed E-state index contributed by atoms with van der Waals surface area (Å²) < 4.78 is 31.2. The Morgan fingerprint density at radius 1 is 1.17 bits per heavy atom. The van der Waals surface area contributed by atoms with E-state index in [2.05, 4.69) is 15.4 Å². The summed E-state index contributed by atoms with van der Waals surface area (Å²) in [6.45, 7) is 0.910. The second-order valence-electron chi connectivity index (χ2n) is 9.19. The van der Waals surface area contributed by atoms with Crippen molar-refractivity contribution in [2.24, 2.45) is 0 Å². The molecule has 0 unspecified atom stereocenters. The number of amides is 2. The van der Waals surface area contributed by atoms with Gasteiger partial charge in [0.1, 0.15) is 11.4 Å². The Hall–Kier alpha value is -3.12. The number of ether oxygens (including phenoxy) is 1. The standard InChI is InChI=1S/C23H26ClF2N6O4/c24-13-1-6-19-16(9-13)18(33)10-21(36-19)32(35)29-14-2-4-15(5-3-14)30-7-8-31(23(30)34)20-12-27-17(11-28-20)22(25)26/h1,6,9,11-12,14-15,18,21-22,33H,2-5,7-8,10H2,(H,29,35)/q+1/t14?,15?,18-,21-/m1/s1. The number of urea groups is 1. The number of benzene rings is 1. The number of nitrogens with zero attached hydrogens (tertiary/aromatic N) is 5. The van der Waals surface area contributed by atoms with Crippen molar-refractivity contribution in [2.75, 3.05) is 18.0 Å². The molecule has 5 rings (SSSR count). The monoisotopic (exact) mass is 523 g/mol. The minimum atomic E-state index is -2.71. The quantitative estimate of drug-likeness (QED) is 0.438. The fourth-order valence-corrected chi connectivity index (χ4v) is 5.19. The number of nitroso groups, excluding NO2 is 1. The first-order valence-electron chi connectivity index (χ1n) is 11.8. The summed E-state index contributed by atoms with van der Waals surface area (Å²) in [5, 5.41) is 10.9. The molecule has 0 radical (unpaired) electrons. The number of aromatic nitrogens is 2. The molecule has 2 aliphatic heterocycles. The number of alkyl halides is 2. The summed E-state index contributed by atoms with van der Waals surface area (Å²) in [5.41, 5.74) is 3.08. The van der Waals surface area contributed by atoms with Crippen molar-refractivity contribution in [2.45, 2.75) is 62.9 Å². The third-order valence-corrected chi connectivity index (χ3v) is 7.16. The summed E-state index contributed by atoms with van der Waals surface area (Å²) in [6, 6.07) is 4.62. The van der Waals surface area contributed by atoms with Gasteiger partial charge in [-0.25, -0.2) is 23.5 Å². The molecule has 2 atom stereocenters. The zero-order chi connectivity index (χ0) is 25.4. The van der Waals surface area contributed by atoms with Crippen molar-refractivity contribution < 1.29 is 28.3 Å². The molecule has 3 aliphatic rings. The summed E-state index contributed by atoms with van der Waals surface area (Å²) in [5.74, 6) is 0.683. The SMILES string of the molecule is O=C1N(c2cnc(C(F)F)cn2)CCN1C1CCC(N[N+](=O)[C@H]2C[C@@H](O)c3cc(Cl)ccc3O2)CC1. The van der Waals surface area contributed by atoms with Crippen LogP contribution in [-0.2, 0) is 0 Å². The number of halogens is 3. The predicted octanol–water partition coefficient (Wildman–Crippen LogP) is 3.75. The molecule has 0 spiro atoms. The largest absolute Gasteiger partial charge is 0.428 e. The lowest BCUT2D eigenvalue weighted by Crippen LogP contribution is -2.49. The van der Waals surface area contributed by atoms with Crippen LogP contribution in [0.3, 0.4) is 0 Å². The van der Waals surface area contributed by atoms with Crippen LogP contribution in [0.15, 0.2) is 30.6 Å². The maximum Gasteiger partial charge on any atom is 0.376 e. The van der Waals surface area contributed by atoms with Crippen LogP contribution >= 0.6 is 11.6 Å². The summed E-state index contributed by atoms with van der Waals surface area (Å²) in [6.07, 6.45) is 0.620. The first-order chi connectivity index (χ1) is 17.3. The number of aliphatic hydroxyl groups excluding tert-OH is 1. The van der Waals surface area contributed by atoms with E-state index >= 15 is 0 Å². The zero-order valence-electron chi connectivity index (χ0n) is 19.3. The molecule has 3 heterocycles. The Morgan fingerprint density at radius 2 is 1.94 bits per heavy atom. The second kappa shape index (κ2) is 10.1. The molecule has 1 aromatic heterocycles. The molecule has 2 fully saturated rings. The molecule has 2 N–H and O–H groups in total. The molecule has 192 valence electrons. The highest BCUT2D eigenvalue weighted by Crippen LogP contribution is 2.36. The third kappa shape index (κ3) is 4.92. The number of hydrogen-bond acceptors (Lipinski definition) is 6. The van der Waals surface area contributed by atoms with Gasteiger partial charge in [0.2, 0.25) is 0 Å². The van der Waals surface area contributed by atoms with Crippen molar-refractivity contribution in [1.82, 2.24) is 20.3 Å². The minimum Gasteiger partial charge on any atom is -0.428 e. The number of rotatable bonds is 6. The van der Waals surface area contributed by atoms with Crippen molar-refractivity contribution in [3.8, 4) is 5.75 Å². The number of fused-ring (bicyclic) bond motifs is 1. The van der Waals surface area contributed by atoms with Crippen molar-refractivity contribution in [1.29, 1.82) is 0 Å². The molecule has 36 heavy (non-hydrogen) atoms. The number of carbonyl (C=O) groups is 1. The number of aliphatic hydroxyl groups is 1. The van der Waals surface area contributed by atoms with Crippen LogP contribution in [0.2, 0.25) is 5.02 Å². The predicted molar refractivity (Wildman–Crippen MR) is 125 cm³/mol. The lowest BCUT2D eigenvalue weighted by atomic mass is 9.90. The highest BCUT2D eigenvalue weighted by atomic mass is 35.5. The van der Waals surface area contributed by atoms with Gasteiger partial charge >= 0.3 is 12.3 Å². The Balaban J connectivity index is 1.13. The Morgan fingerprint density at radius 3 is 2.64 bits per heavy atom. The molecule has 1 aromatic carbocycles. The normalized spacial score (nSPS) is 26.1. The summed E-state index contributed by atoms with van der Waals surface area (Å²) in [4.78, 5) is 37.3. The van der Waals surface area contributed by atoms with Gasteiger partial charge in [0.15, 0.2) is 10.7 Å². The van der Waals surface area contributed by atoms with Gasteiger partial charge in [0.05, 0.1) is 35.9 Å². The molecular formula is C23H26ClF2N6O4+. The van der Waals surface area contributed by atoms with Crippen LogP contribution in [0.25, 0.3) is 0 Å². The van der Waals surface area contributed by atoms with E-state index in [1.54, 1.807) is 23.1 Å². The number of hydrogen-bond donors (Lipinski definition) is 2. The van der Waals surface area contributed by atoms with Gasteiger partial charge < -0.3 is 14.7 Å². The first kappa shape index (κ1) is 24.6. The fourth-order valence-electron chi connectivity index (χ4n) is 5.01. The number of hydrazine groups is 1. The van der Waals surface area contributed by atoms with Crippen LogP contribution in [0, 0.1) is 4.91 Å². The highest BCUT2D eigenvalue weighted by molar-refractivity contribution is 6.30. The highest BCUT2D eigenvalue weighted by Gasteiger charge is 2.41. The maximum atomic E-state index is 13.0. The van der Waals surface area contributed by atoms with Crippen LogP contribution in [-0.4, -0.2) is 62.3 Å². The summed E-state index contributed by atoms with van der Waals surface area (Å²) >= 11 is 5.98. The van der Waals surface area contributed by atoms with Gasteiger partial charge in [-0.1, -0.05) is 11.6 Å². The molecule has 0 bridgehead atoms. The van der Waals surface area contributed by atoms with E-state index in [1.807, 2.05) is 0 Å². The Kier molecular flexibility index (Phi) is 6.89. The molecule has 2 amide bonds. The Labute approximate surface area is 210 Å². The number of nitrogens with one attached hydrogen (secondary N) is 1. The van der Waals surface area contributed by atoms with E-state index in [0.717, 1.165) is 6.20 Å². The Bertz CT molecular complexity index is 1130. The second-order valence-corrected chi connectivity index (χ2v) is 9.63. The topological polar surface area (TPSA) is 111 Å². The van der Waals surface area contributed by atoms with E-state index in [0.29, 0.717) is 60.0 Å². The van der Waals surface area contributed by atoms with Crippen LogP contribution in [0.1, 0.15) is 55.9 Å². The molecular weight excluding hydrogens is 498 g/mol. The van der Waals surface area contributed by atoms with Gasteiger partial charge in [-0.3, -0.25) is 4.90 Å². The van der Waals surface area contributed by atoms with Gasteiger partial charge in [0.25, 0.3) is 6.43 Å². The van der Waals surface area contributed by atoms with Crippen LogP contribution < -0.4 is 15.1 Å². The van der Waals surface area contributed by atoms with E-state index in [4.69, 9.17) is 16.3 Å². The lowest BCUT2D eigenvalue weighted by Gasteiger charge is -2.33. The van der Waals surface area contributed by atoms with Gasteiger partial charge in [-0.15, -0.1) is 5.43 Å². The minimum absolute atomic E-state index is 0.0123. The number of anilines is 1. The molecule has 2 aromatic rings. The number of carbonyl (C=O) groups excluding carboxylic acids is 1. The fraction of sp³-hybridized carbons (Fsp3) is 0.522. The van der Waals surface area contributed by atoms with Gasteiger partial charge in [0, 0.05) is 29.7 Å². The summed E-state index contributed by atoms with van der Waals surface area (Å²) in [7, 11) is 0. The maximum absolute atomic E-state index is 13.0. The average molecular weight is 524 g/mol. The molecule has 1 saturated heterocycles. The van der Waals surface area contributed by atoms with Crippen molar-refractivity contribution in [3.05, 3.63) is 51.8 Å². The molecule has 1 saturated carbocycles. The van der Waals surface area contributed by atoms with Crippen LogP contribution in [0.5, 0.6) is 5.75 Å². The third-order valence-electron chi connectivity index (χ3n) is 6.93. The van der Waals surface area contributed by atoms with E-state index in [9.17, 15) is 23.6 Å². The van der Waals surface area contributed by atoms with E-state index in [1.165, 1.54) is 11.1 Å². The van der Waals surface area contributed by atoms with Gasteiger partial charge in [-0.05, 0) is 43.9 Å². The first-order valence-corrected chi connectivity index (χ1v) is 12.2. The average Bonchev–Trinajstić information content (AvgIpc) is 3.26. The molecule has 10 nitrogen and oxygen atoms in total. The van der Waals surface area contributed by atoms with Gasteiger partial charge in [-0.2, -0.15) is 0 Å². The van der Waals surface area contributed by atoms with Crippen LogP contribution in [0.4, 0.5) is 19.4 Å². The lowest BCUT2D eigenvalue weighted by molar-refractivity contribution is -0.678. The van der Waals surface area contributed by atoms with Crippen molar-refractivity contribution in [3.63, 3.8) is 0 Å². The van der Waals surface area contributed by atoms with E-state index < -0.39 is 24.5 Å². The van der Waals surface area contributed by atoms with E-state index in [-0.39, 0.29) is 30.4 Å². The van der Waals surface area contributed by atoms with Crippen molar-refractivity contribution >= 4 is 23.4 Å². The molecule has 13 heteroatoms. The zero-order valence-corrected chi connectivity index (χ0v) is 20.0. The smallest absolute Gasteiger partial charge is 0.376 e. The molecule has 1 aliphatic carbocycles.